The van der Waals surface area contributed by atoms with Crippen molar-refractivity contribution in [3.8, 4) is 0 Å². The van der Waals surface area contributed by atoms with E-state index in [0.29, 0.717) is 6.04 Å². The van der Waals surface area contributed by atoms with Crippen molar-refractivity contribution in [2.45, 2.75) is 58.1 Å². The highest BCUT2D eigenvalue weighted by Gasteiger charge is 2.18. The summed E-state index contributed by atoms with van der Waals surface area (Å²) in [6, 6.07) is 0.579. The summed E-state index contributed by atoms with van der Waals surface area (Å²) < 4.78 is 10.8. The highest BCUT2D eigenvalue weighted by Crippen LogP contribution is 2.18. The smallest absolute Gasteiger partial charge is 0.0623 e. The number of hydrogen-bond acceptors (Lipinski definition) is 3. The molecule has 0 bridgehead atoms. The van der Waals surface area contributed by atoms with E-state index in [0.717, 1.165) is 32.5 Å². The van der Waals surface area contributed by atoms with Crippen molar-refractivity contribution < 1.29 is 9.47 Å². The molecular weight excluding hydrogens is 202 g/mol. The lowest BCUT2D eigenvalue weighted by molar-refractivity contribution is 0.0115. The largest absolute Gasteiger partial charge is 0.382 e. The number of nitrogens with one attached hydrogen (secondary N) is 1. The maximum Gasteiger partial charge on any atom is 0.0623 e. The highest BCUT2D eigenvalue weighted by molar-refractivity contribution is 4.73. The van der Waals surface area contributed by atoms with E-state index in [2.05, 4.69) is 19.2 Å². The zero-order valence-electron chi connectivity index (χ0n) is 11.6. The lowest BCUT2D eigenvalue weighted by atomic mass is 9.97. The fourth-order valence-electron chi connectivity index (χ4n) is 1.63. The zero-order chi connectivity index (χ0) is 12.4. The number of rotatable bonds is 10. The Hall–Kier alpha value is -0.120. The van der Waals surface area contributed by atoms with Crippen molar-refractivity contribution in [1.82, 2.24) is 5.32 Å². The zero-order valence-corrected chi connectivity index (χ0v) is 11.6. The first-order valence-electron chi connectivity index (χ1n) is 6.36. The van der Waals surface area contributed by atoms with E-state index in [-0.39, 0.29) is 5.60 Å². The van der Waals surface area contributed by atoms with Crippen molar-refractivity contribution in [2.24, 2.45) is 0 Å². The Labute approximate surface area is 101 Å². The summed E-state index contributed by atoms with van der Waals surface area (Å²) in [6.45, 7) is 8.01. The van der Waals surface area contributed by atoms with Crippen LogP contribution in [0.3, 0.4) is 0 Å². The van der Waals surface area contributed by atoms with E-state index in [9.17, 15) is 0 Å². The van der Waals surface area contributed by atoms with Crippen molar-refractivity contribution >= 4 is 0 Å². The molecule has 0 aliphatic carbocycles. The molecule has 0 aliphatic heterocycles. The first-order chi connectivity index (χ1) is 7.55. The third-order valence-electron chi connectivity index (χ3n) is 3.10. The summed E-state index contributed by atoms with van der Waals surface area (Å²) in [6.07, 6.45) is 4.55. The average Bonchev–Trinajstić information content (AvgIpc) is 2.28. The molecule has 0 aliphatic rings. The summed E-state index contributed by atoms with van der Waals surface area (Å²) in [5, 5.41) is 3.36. The van der Waals surface area contributed by atoms with Gasteiger partial charge < -0.3 is 14.8 Å². The third kappa shape index (κ3) is 8.08. The number of methoxy groups -OCH3 is 1. The number of ether oxygens (including phenoxy) is 2. The van der Waals surface area contributed by atoms with Crippen LogP contribution in [-0.2, 0) is 9.47 Å². The fourth-order valence-corrected chi connectivity index (χ4v) is 1.63. The van der Waals surface area contributed by atoms with Gasteiger partial charge in [0.15, 0.2) is 0 Å². The van der Waals surface area contributed by atoms with Gasteiger partial charge in [-0.25, -0.2) is 0 Å². The molecule has 0 heterocycles. The van der Waals surface area contributed by atoms with Gasteiger partial charge in [-0.05, 0) is 53.5 Å². The molecule has 0 rings (SSSR count). The minimum absolute atomic E-state index is 0.00494. The first-order valence-corrected chi connectivity index (χ1v) is 6.36. The van der Waals surface area contributed by atoms with E-state index in [4.69, 9.17) is 9.47 Å². The van der Waals surface area contributed by atoms with Gasteiger partial charge in [-0.1, -0.05) is 0 Å². The minimum Gasteiger partial charge on any atom is -0.382 e. The van der Waals surface area contributed by atoms with E-state index in [1.54, 1.807) is 7.11 Å². The Kier molecular flexibility index (Phi) is 8.90. The average molecular weight is 231 g/mol. The molecule has 3 heteroatoms. The van der Waals surface area contributed by atoms with Gasteiger partial charge in [-0.2, -0.15) is 0 Å². The fraction of sp³-hybridized carbons (Fsp3) is 1.00. The lowest BCUT2D eigenvalue weighted by Crippen LogP contribution is -2.30. The molecule has 0 aromatic carbocycles. The third-order valence-corrected chi connectivity index (χ3v) is 3.10. The summed E-state index contributed by atoms with van der Waals surface area (Å²) in [5.41, 5.74) is -0.00494. The second-order valence-corrected chi connectivity index (χ2v) is 4.83. The normalized spacial score (nSPS) is 14.1. The van der Waals surface area contributed by atoms with E-state index in [1.165, 1.54) is 6.42 Å². The van der Waals surface area contributed by atoms with Gasteiger partial charge in [-0.3, -0.25) is 0 Å². The maximum atomic E-state index is 5.42. The lowest BCUT2D eigenvalue weighted by Gasteiger charge is -2.25. The summed E-state index contributed by atoms with van der Waals surface area (Å²) >= 11 is 0. The van der Waals surface area contributed by atoms with Gasteiger partial charge in [0, 0.05) is 26.4 Å². The van der Waals surface area contributed by atoms with Crippen molar-refractivity contribution in [1.29, 1.82) is 0 Å². The topological polar surface area (TPSA) is 30.5 Å². The minimum atomic E-state index is -0.00494. The molecule has 3 nitrogen and oxygen atoms in total. The molecule has 0 saturated carbocycles. The Morgan fingerprint density at radius 3 is 2.44 bits per heavy atom. The van der Waals surface area contributed by atoms with Crippen LogP contribution in [0.2, 0.25) is 0 Å². The van der Waals surface area contributed by atoms with Gasteiger partial charge in [0.2, 0.25) is 0 Å². The predicted octanol–water partition coefficient (Wildman–Crippen LogP) is 2.60. The van der Waals surface area contributed by atoms with Crippen LogP contribution in [0.25, 0.3) is 0 Å². The molecule has 0 saturated heterocycles. The molecule has 0 aromatic rings. The van der Waals surface area contributed by atoms with Crippen LogP contribution in [-0.4, -0.2) is 39.0 Å². The van der Waals surface area contributed by atoms with Gasteiger partial charge in [0.1, 0.15) is 0 Å². The van der Waals surface area contributed by atoms with Gasteiger partial charge in [-0.15, -0.1) is 0 Å². The van der Waals surface area contributed by atoms with Crippen LogP contribution in [0.4, 0.5) is 0 Å². The van der Waals surface area contributed by atoms with Gasteiger partial charge >= 0.3 is 0 Å². The van der Waals surface area contributed by atoms with E-state index >= 15 is 0 Å². The van der Waals surface area contributed by atoms with E-state index in [1.807, 2.05) is 14.0 Å². The Morgan fingerprint density at radius 1 is 1.25 bits per heavy atom. The summed E-state index contributed by atoms with van der Waals surface area (Å²) in [7, 11) is 3.81. The molecule has 0 fully saturated rings. The molecule has 1 atom stereocenters. The van der Waals surface area contributed by atoms with Crippen molar-refractivity contribution in [3.63, 3.8) is 0 Å². The van der Waals surface area contributed by atoms with Crippen LogP contribution in [0, 0.1) is 0 Å². The number of hydrogen-bond donors (Lipinski definition) is 1. The molecule has 0 aromatic heterocycles. The Bertz CT molecular complexity index is 160. The monoisotopic (exact) mass is 231 g/mol. The molecule has 98 valence electrons. The second kappa shape index (κ2) is 8.97. The highest BCUT2D eigenvalue weighted by atomic mass is 16.5. The molecule has 0 amide bonds. The predicted molar refractivity (Wildman–Crippen MR) is 68.9 cm³/mol. The van der Waals surface area contributed by atoms with Crippen LogP contribution in [0.15, 0.2) is 0 Å². The van der Waals surface area contributed by atoms with Crippen LogP contribution in [0.5, 0.6) is 0 Å². The molecule has 0 radical (unpaired) electrons. The SMILES string of the molecule is CCOCCCC(CCC(C)(C)OC)NC. The molecule has 1 N–H and O–H groups in total. The Balaban J connectivity index is 3.66. The van der Waals surface area contributed by atoms with Crippen LogP contribution in [0.1, 0.15) is 46.5 Å². The van der Waals surface area contributed by atoms with E-state index < -0.39 is 0 Å². The second-order valence-electron chi connectivity index (χ2n) is 4.83. The Morgan fingerprint density at radius 2 is 1.94 bits per heavy atom. The van der Waals surface area contributed by atoms with Crippen LogP contribution >= 0.6 is 0 Å². The van der Waals surface area contributed by atoms with Crippen molar-refractivity contribution in [2.75, 3.05) is 27.4 Å². The molecule has 1 unspecified atom stereocenters. The van der Waals surface area contributed by atoms with Gasteiger partial charge in [0.05, 0.1) is 5.60 Å². The molecular formula is C13H29NO2. The summed E-state index contributed by atoms with van der Waals surface area (Å²) in [4.78, 5) is 0. The molecule has 0 spiro atoms. The molecule has 16 heavy (non-hydrogen) atoms. The van der Waals surface area contributed by atoms with Gasteiger partial charge in [0.25, 0.3) is 0 Å². The first kappa shape index (κ1) is 15.9. The summed E-state index contributed by atoms with van der Waals surface area (Å²) in [5.74, 6) is 0. The van der Waals surface area contributed by atoms with Crippen LogP contribution < -0.4 is 5.32 Å². The van der Waals surface area contributed by atoms with Crippen molar-refractivity contribution in [3.05, 3.63) is 0 Å². The standard InChI is InChI=1S/C13H29NO2/c1-6-16-11-7-8-12(14-4)9-10-13(2,3)15-5/h12,14H,6-11H2,1-5H3. The quantitative estimate of drug-likeness (QED) is 0.586. The maximum absolute atomic E-state index is 5.42.